The summed E-state index contributed by atoms with van der Waals surface area (Å²) in [6, 6.07) is 0. The van der Waals surface area contributed by atoms with Gasteiger partial charge in [0.15, 0.2) is 0 Å². The summed E-state index contributed by atoms with van der Waals surface area (Å²) < 4.78 is 0. The fraction of sp³-hybridized carbons (Fsp3) is 0.917. The first-order valence-corrected chi connectivity index (χ1v) is 5.98. The van der Waals surface area contributed by atoms with E-state index < -0.39 is 0 Å². The second-order valence-corrected chi connectivity index (χ2v) is 5.23. The Balaban J connectivity index is 1.63. The normalized spacial score (nSPS) is 25.9. The molecule has 1 aliphatic carbocycles. The Kier molecular flexibility index (Phi) is 3.45. The third-order valence-corrected chi connectivity index (χ3v) is 3.22. The van der Waals surface area contributed by atoms with E-state index in [1.165, 1.54) is 52.1 Å². The van der Waals surface area contributed by atoms with Crippen molar-refractivity contribution in [2.24, 2.45) is 5.92 Å². The Morgan fingerprint density at radius 3 is 2.07 bits per heavy atom. The van der Waals surface area contributed by atoms with E-state index in [0.717, 1.165) is 5.92 Å². The van der Waals surface area contributed by atoms with Crippen molar-refractivity contribution in [3.8, 4) is 0 Å². The van der Waals surface area contributed by atoms with Crippen molar-refractivity contribution in [1.29, 1.82) is 0 Å². The molecule has 0 unspecified atom stereocenters. The summed E-state index contributed by atoms with van der Waals surface area (Å²) in [6.07, 6.45) is 2.98. The molecule has 81 valence electrons. The van der Waals surface area contributed by atoms with Crippen LogP contribution in [0.4, 0.5) is 0 Å². The topological polar surface area (TPSA) is 6.48 Å². The van der Waals surface area contributed by atoms with Crippen molar-refractivity contribution < 1.29 is 0 Å². The molecule has 1 saturated heterocycles. The van der Waals surface area contributed by atoms with Gasteiger partial charge in [0.25, 0.3) is 0 Å². The van der Waals surface area contributed by atoms with Crippen LogP contribution in [-0.2, 0) is 0 Å². The molecule has 0 N–H and O–H groups in total. The summed E-state index contributed by atoms with van der Waals surface area (Å²) in [4.78, 5) is 5.23. The second kappa shape index (κ2) is 4.63. The van der Waals surface area contributed by atoms with E-state index in [1.54, 1.807) is 5.92 Å². The van der Waals surface area contributed by atoms with E-state index in [4.69, 9.17) is 0 Å². The monoisotopic (exact) mass is 195 g/mol. The molecule has 2 rings (SSSR count). The Morgan fingerprint density at radius 1 is 1.00 bits per heavy atom. The molecule has 0 aromatic rings. The van der Waals surface area contributed by atoms with Crippen LogP contribution in [-0.4, -0.2) is 49.1 Å². The van der Waals surface area contributed by atoms with Gasteiger partial charge in [-0.1, -0.05) is 13.8 Å². The zero-order valence-corrected chi connectivity index (χ0v) is 9.63. The van der Waals surface area contributed by atoms with Crippen molar-refractivity contribution >= 4 is 0 Å². The highest BCUT2D eigenvalue weighted by atomic mass is 15.3. The van der Waals surface area contributed by atoms with Crippen LogP contribution in [0.5, 0.6) is 0 Å². The molecule has 2 heteroatoms. The lowest BCUT2D eigenvalue weighted by Gasteiger charge is -2.35. The van der Waals surface area contributed by atoms with Gasteiger partial charge in [-0.3, -0.25) is 0 Å². The van der Waals surface area contributed by atoms with Crippen molar-refractivity contribution in [1.82, 2.24) is 9.80 Å². The predicted octanol–water partition coefficient (Wildman–Crippen LogP) is 1.63. The van der Waals surface area contributed by atoms with Gasteiger partial charge < -0.3 is 9.80 Å². The predicted molar refractivity (Wildman–Crippen MR) is 60.2 cm³/mol. The summed E-state index contributed by atoms with van der Waals surface area (Å²) in [5, 5.41) is 0. The molecule has 1 aliphatic heterocycles. The Bertz CT molecular complexity index is 155. The summed E-state index contributed by atoms with van der Waals surface area (Å²) in [5.41, 5.74) is 0. The number of rotatable bonds is 4. The van der Waals surface area contributed by atoms with Crippen molar-refractivity contribution in [3.05, 3.63) is 5.92 Å². The van der Waals surface area contributed by atoms with E-state index >= 15 is 0 Å². The Hall–Kier alpha value is -0.0800. The maximum atomic E-state index is 2.65. The minimum atomic E-state index is 1.06. The highest BCUT2D eigenvalue weighted by Gasteiger charge is 2.26. The fourth-order valence-corrected chi connectivity index (χ4v) is 2.24. The maximum Gasteiger partial charge on any atom is 0.0110 e. The standard InChI is InChI=1S/C12H23N2/c1-11(2)9-13-5-7-14(8-6-13)10-12-3-4-12/h12H,3-10H2,1-2H3. The van der Waals surface area contributed by atoms with Gasteiger partial charge in [0.2, 0.25) is 0 Å². The molecule has 0 aromatic heterocycles. The van der Waals surface area contributed by atoms with Gasteiger partial charge in [-0.2, -0.15) is 0 Å². The quantitative estimate of drug-likeness (QED) is 0.673. The summed E-state index contributed by atoms with van der Waals surface area (Å²) in [5.74, 6) is 2.60. The van der Waals surface area contributed by atoms with Crippen LogP contribution in [0.1, 0.15) is 26.7 Å². The molecule has 0 aromatic carbocycles. The number of hydrogen-bond donors (Lipinski definition) is 0. The minimum Gasteiger partial charge on any atom is -0.301 e. The zero-order valence-electron chi connectivity index (χ0n) is 9.63. The molecule has 2 fully saturated rings. The number of piperazine rings is 1. The minimum absolute atomic E-state index is 1.06. The first kappa shape index (κ1) is 10.4. The van der Waals surface area contributed by atoms with Crippen LogP contribution in [0.25, 0.3) is 0 Å². The maximum absolute atomic E-state index is 2.65. The average Bonchev–Trinajstić information content (AvgIpc) is 2.91. The van der Waals surface area contributed by atoms with Crippen LogP contribution in [0, 0.1) is 11.8 Å². The third-order valence-electron chi connectivity index (χ3n) is 3.22. The highest BCUT2D eigenvalue weighted by molar-refractivity contribution is 4.86. The molecule has 1 heterocycles. The van der Waals surface area contributed by atoms with Gasteiger partial charge in [-0.25, -0.2) is 0 Å². The lowest BCUT2D eigenvalue weighted by atomic mass is 10.2. The summed E-state index contributed by atoms with van der Waals surface area (Å²) in [6.45, 7) is 12.2. The van der Waals surface area contributed by atoms with E-state index in [1.807, 2.05) is 0 Å². The van der Waals surface area contributed by atoms with Crippen LogP contribution >= 0.6 is 0 Å². The zero-order chi connectivity index (χ0) is 9.97. The second-order valence-electron chi connectivity index (χ2n) is 5.23. The van der Waals surface area contributed by atoms with Crippen molar-refractivity contribution in [2.45, 2.75) is 26.7 Å². The number of hydrogen-bond acceptors (Lipinski definition) is 2. The third kappa shape index (κ3) is 3.25. The fourth-order valence-electron chi connectivity index (χ4n) is 2.24. The molecule has 0 atom stereocenters. The molecule has 2 aliphatic rings. The molecule has 2 nitrogen and oxygen atoms in total. The SMILES string of the molecule is C[C](C)CN1CCN(CC2CC2)CC1. The van der Waals surface area contributed by atoms with Gasteiger partial charge >= 0.3 is 0 Å². The first-order chi connectivity index (χ1) is 6.74. The number of nitrogens with zero attached hydrogens (tertiary/aromatic N) is 2. The van der Waals surface area contributed by atoms with Gasteiger partial charge in [-0.05, 0) is 24.7 Å². The van der Waals surface area contributed by atoms with E-state index in [9.17, 15) is 0 Å². The summed E-state index contributed by atoms with van der Waals surface area (Å²) >= 11 is 0. The van der Waals surface area contributed by atoms with Gasteiger partial charge in [0, 0.05) is 39.3 Å². The lowest BCUT2D eigenvalue weighted by Crippen LogP contribution is -2.47. The molecule has 1 radical (unpaired) electrons. The van der Waals surface area contributed by atoms with Crippen LogP contribution in [0.2, 0.25) is 0 Å². The molecule has 1 saturated carbocycles. The average molecular weight is 195 g/mol. The van der Waals surface area contributed by atoms with E-state index in [0.29, 0.717) is 0 Å². The Morgan fingerprint density at radius 2 is 1.57 bits per heavy atom. The lowest BCUT2D eigenvalue weighted by molar-refractivity contribution is 0.132. The molecule has 0 amide bonds. The van der Waals surface area contributed by atoms with Gasteiger partial charge in [0.1, 0.15) is 0 Å². The Labute approximate surface area is 88.3 Å². The molecule has 14 heavy (non-hydrogen) atoms. The van der Waals surface area contributed by atoms with Crippen LogP contribution < -0.4 is 0 Å². The van der Waals surface area contributed by atoms with E-state index in [2.05, 4.69) is 23.6 Å². The molecular weight excluding hydrogens is 172 g/mol. The van der Waals surface area contributed by atoms with Crippen LogP contribution in [0.15, 0.2) is 0 Å². The molecule has 0 bridgehead atoms. The van der Waals surface area contributed by atoms with Gasteiger partial charge in [-0.15, -0.1) is 0 Å². The van der Waals surface area contributed by atoms with Crippen molar-refractivity contribution in [2.75, 3.05) is 39.3 Å². The first-order valence-electron chi connectivity index (χ1n) is 5.98. The highest BCUT2D eigenvalue weighted by Crippen LogP contribution is 2.29. The smallest absolute Gasteiger partial charge is 0.0110 e. The largest absolute Gasteiger partial charge is 0.301 e. The van der Waals surface area contributed by atoms with Crippen molar-refractivity contribution in [3.63, 3.8) is 0 Å². The van der Waals surface area contributed by atoms with Gasteiger partial charge in [0.05, 0.1) is 0 Å². The van der Waals surface area contributed by atoms with E-state index in [-0.39, 0.29) is 0 Å². The molecule has 0 spiro atoms. The summed E-state index contributed by atoms with van der Waals surface area (Å²) in [7, 11) is 0. The molecular formula is C12H23N2. The van der Waals surface area contributed by atoms with Crippen LogP contribution in [0.3, 0.4) is 0 Å².